The molecule has 0 aromatic heterocycles. The highest BCUT2D eigenvalue weighted by molar-refractivity contribution is 6.10. The van der Waals surface area contributed by atoms with Gasteiger partial charge in [0.2, 0.25) is 0 Å². The summed E-state index contributed by atoms with van der Waals surface area (Å²) in [5.74, 6) is 0.179. The summed E-state index contributed by atoms with van der Waals surface area (Å²) < 4.78 is 12.0. The van der Waals surface area contributed by atoms with Crippen LogP contribution in [0.15, 0.2) is 115 Å². The number of amides is 2. The molecule has 0 atom stereocenters. The third kappa shape index (κ3) is 9.93. The van der Waals surface area contributed by atoms with Crippen molar-refractivity contribution in [3.05, 3.63) is 154 Å². The van der Waals surface area contributed by atoms with Crippen LogP contribution in [0.2, 0.25) is 0 Å². The number of nitrogens with zero attached hydrogens (tertiary/aromatic N) is 2. The van der Waals surface area contributed by atoms with Crippen LogP contribution < -0.4 is 19.7 Å². The monoisotopic (exact) mass is 737 g/mol. The highest BCUT2D eigenvalue weighted by Gasteiger charge is 2.23. The van der Waals surface area contributed by atoms with E-state index < -0.39 is 5.91 Å². The molecular formula is C46H47N3O6. The highest BCUT2D eigenvalue weighted by atomic mass is 16.5. The van der Waals surface area contributed by atoms with Crippen LogP contribution >= 0.6 is 0 Å². The summed E-state index contributed by atoms with van der Waals surface area (Å²) in [5.41, 5.74) is 5.73. The molecule has 0 saturated carbocycles. The maximum atomic E-state index is 14.0. The van der Waals surface area contributed by atoms with Crippen molar-refractivity contribution in [1.29, 1.82) is 0 Å². The van der Waals surface area contributed by atoms with Crippen molar-refractivity contribution < 1.29 is 28.7 Å². The maximum Gasteiger partial charge on any atom is 0.265 e. The first-order chi connectivity index (χ1) is 26.7. The lowest BCUT2D eigenvalue weighted by molar-refractivity contribution is -0.121. The molecular weight excluding hydrogens is 691 g/mol. The van der Waals surface area contributed by atoms with E-state index in [1.165, 1.54) is 6.42 Å². The average Bonchev–Trinajstić information content (AvgIpc) is 3.21. The van der Waals surface area contributed by atoms with Crippen LogP contribution in [-0.4, -0.2) is 67.7 Å². The summed E-state index contributed by atoms with van der Waals surface area (Å²) in [4.78, 5) is 57.5. The molecule has 9 heteroatoms. The summed E-state index contributed by atoms with van der Waals surface area (Å²) >= 11 is 0. The second-order valence-corrected chi connectivity index (χ2v) is 13.9. The Morgan fingerprint density at radius 1 is 0.618 bits per heavy atom. The molecule has 1 heterocycles. The largest absolute Gasteiger partial charge is 0.483 e. The molecule has 5 aromatic rings. The summed E-state index contributed by atoms with van der Waals surface area (Å²) in [6, 6.07) is 34.2. The number of anilines is 2. The number of aryl methyl sites for hydroxylation is 3. The quantitative estimate of drug-likeness (QED) is 0.109. The van der Waals surface area contributed by atoms with Crippen molar-refractivity contribution in [2.75, 3.05) is 49.6 Å². The third-order valence-corrected chi connectivity index (χ3v) is 9.87. The molecule has 0 unspecified atom stereocenters. The number of para-hydroxylation sites is 2. The first-order valence-electron chi connectivity index (χ1n) is 18.8. The SMILES string of the molecule is Cc1cc(C(=O)c2ccccc2)ccc1OCC(=O)Nc1ccccc1N(CCN1CCCCC1)C(=O)COc1ccc(C(=O)c2ccccc2C)cc1C. The number of ether oxygens (including phenoxy) is 2. The van der Waals surface area contributed by atoms with Crippen molar-refractivity contribution in [3.8, 4) is 11.5 Å². The Morgan fingerprint density at radius 2 is 1.22 bits per heavy atom. The van der Waals surface area contributed by atoms with Gasteiger partial charge in [0.25, 0.3) is 11.8 Å². The van der Waals surface area contributed by atoms with E-state index in [9.17, 15) is 19.2 Å². The molecule has 55 heavy (non-hydrogen) atoms. The molecule has 0 spiro atoms. The van der Waals surface area contributed by atoms with Crippen molar-refractivity contribution in [2.45, 2.75) is 40.0 Å². The molecule has 1 aliphatic heterocycles. The van der Waals surface area contributed by atoms with Crippen LogP contribution in [0.4, 0.5) is 11.4 Å². The van der Waals surface area contributed by atoms with Gasteiger partial charge in [-0.3, -0.25) is 19.2 Å². The zero-order valence-corrected chi connectivity index (χ0v) is 31.7. The molecule has 0 aliphatic carbocycles. The van der Waals surface area contributed by atoms with E-state index in [0.29, 0.717) is 58.2 Å². The molecule has 1 fully saturated rings. The van der Waals surface area contributed by atoms with E-state index in [1.807, 2.05) is 75.4 Å². The van der Waals surface area contributed by atoms with E-state index in [2.05, 4.69) is 10.2 Å². The number of hydrogen-bond acceptors (Lipinski definition) is 7. The number of rotatable bonds is 15. The first-order valence-corrected chi connectivity index (χ1v) is 18.8. The zero-order chi connectivity index (χ0) is 38.7. The van der Waals surface area contributed by atoms with Crippen molar-refractivity contribution >= 4 is 34.8 Å². The van der Waals surface area contributed by atoms with Crippen molar-refractivity contribution in [1.82, 2.24) is 4.90 Å². The van der Waals surface area contributed by atoms with E-state index in [4.69, 9.17) is 9.47 Å². The molecule has 282 valence electrons. The van der Waals surface area contributed by atoms with Gasteiger partial charge in [-0.1, -0.05) is 73.2 Å². The van der Waals surface area contributed by atoms with Crippen molar-refractivity contribution in [3.63, 3.8) is 0 Å². The second kappa shape index (κ2) is 18.3. The fraction of sp³-hybridized carbons (Fsp3) is 0.261. The van der Waals surface area contributed by atoms with Gasteiger partial charge in [0.1, 0.15) is 11.5 Å². The number of carbonyl (C=O) groups excluding carboxylic acids is 4. The Morgan fingerprint density at radius 3 is 1.89 bits per heavy atom. The smallest absolute Gasteiger partial charge is 0.265 e. The van der Waals surface area contributed by atoms with Gasteiger partial charge in [0.05, 0.1) is 11.4 Å². The number of carbonyl (C=O) groups is 4. The number of nitrogens with one attached hydrogen (secondary N) is 1. The molecule has 1 N–H and O–H groups in total. The Hall–Kier alpha value is -6.06. The lowest BCUT2D eigenvalue weighted by atomic mass is 9.98. The normalized spacial score (nSPS) is 12.8. The van der Waals surface area contributed by atoms with Crippen LogP contribution in [0.3, 0.4) is 0 Å². The minimum absolute atomic E-state index is 0.0693. The Kier molecular flexibility index (Phi) is 12.9. The average molecular weight is 738 g/mol. The number of benzene rings is 5. The van der Waals surface area contributed by atoms with E-state index in [0.717, 1.165) is 42.6 Å². The van der Waals surface area contributed by atoms with Crippen LogP contribution in [0.25, 0.3) is 0 Å². The van der Waals surface area contributed by atoms with Crippen LogP contribution in [0.5, 0.6) is 11.5 Å². The summed E-state index contributed by atoms with van der Waals surface area (Å²) in [7, 11) is 0. The van der Waals surface area contributed by atoms with E-state index >= 15 is 0 Å². The van der Waals surface area contributed by atoms with E-state index in [1.54, 1.807) is 65.6 Å². The topological polar surface area (TPSA) is 105 Å². The predicted molar refractivity (Wildman–Crippen MR) is 216 cm³/mol. The van der Waals surface area contributed by atoms with Gasteiger partial charge < -0.3 is 24.6 Å². The van der Waals surface area contributed by atoms with Gasteiger partial charge in [-0.2, -0.15) is 0 Å². The van der Waals surface area contributed by atoms with Crippen LogP contribution in [0, 0.1) is 20.8 Å². The van der Waals surface area contributed by atoms with Crippen LogP contribution in [0.1, 0.15) is 67.8 Å². The van der Waals surface area contributed by atoms with Gasteiger partial charge in [0.15, 0.2) is 24.8 Å². The lowest BCUT2D eigenvalue weighted by Crippen LogP contribution is -2.42. The lowest BCUT2D eigenvalue weighted by Gasteiger charge is -2.31. The molecule has 0 bridgehead atoms. The van der Waals surface area contributed by atoms with E-state index in [-0.39, 0.29) is 30.7 Å². The Labute approximate surface area is 322 Å². The summed E-state index contributed by atoms with van der Waals surface area (Å²) in [6.07, 6.45) is 3.45. The zero-order valence-electron chi connectivity index (χ0n) is 31.7. The van der Waals surface area contributed by atoms with Gasteiger partial charge in [-0.25, -0.2) is 0 Å². The molecule has 1 saturated heterocycles. The fourth-order valence-electron chi connectivity index (χ4n) is 6.81. The van der Waals surface area contributed by atoms with Gasteiger partial charge in [0, 0.05) is 35.3 Å². The third-order valence-electron chi connectivity index (χ3n) is 9.87. The Bertz CT molecular complexity index is 2160. The number of likely N-dealkylation sites (tertiary alicyclic amines) is 1. The number of hydrogen-bond donors (Lipinski definition) is 1. The molecule has 5 aromatic carbocycles. The second-order valence-electron chi connectivity index (χ2n) is 13.9. The molecule has 2 amide bonds. The fourth-order valence-corrected chi connectivity index (χ4v) is 6.81. The molecule has 1 aliphatic rings. The van der Waals surface area contributed by atoms with Crippen molar-refractivity contribution in [2.24, 2.45) is 0 Å². The minimum Gasteiger partial charge on any atom is -0.483 e. The first kappa shape index (κ1) is 38.7. The number of ketones is 2. The van der Waals surface area contributed by atoms with Gasteiger partial charge in [-0.15, -0.1) is 0 Å². The van der Waals surface area contributed by atoms with Gasteiger partial charge in [-0.05, 0) is 112 Å². The standard InChI is InChI=1S/C46H47N3O6/c1-32-14-8-9-17-38(32)46(53)37-21-23-42(34(3)29-37)55-31-44(51)49(27-26-48-24-12-5-13-25-48)40-19-11-10-18-39(40)47-43(50)30-54-41-22-20-36(28-33(41)2)45(52)35-15-6-4-7-16-35/h4,6-11,14-23,28-29H,5,12-13,24-27,30-31H2,1-3H3,(H,47,50). The van der Waals surface area contributed by atoms with Crippen LogP contribution in [-0.2, 0) is 9.59 Å². The summed E-state index contributed by atoms with van der Waals surface area (Å²) in [6.45, 7) is 8.12. The molecule has 0 radical (unpaired) electrons. The molecule has 9 nitrogen and oxygen atoms in total. The maximum absolute atomic E-state index is 14.0. The molecule has 6 rings (SSSR count). The number of piperidine rings is 1. The minimum atomic E-state index is -0.396. The Balaban J connectivity index is 1.13. The summed E-state index contributed by atoms with van der Waals surface area (Å²) in [5, 5.41) is 2.94. The highest BCUT2D eigenvalue weighted by Crippen LogP contribution is 2.28. The van der Waals surface area contributed by atoms with Gasteiger partial charge >= 0.3 is 0 Å². The predicted octanol–water partition coefficient (Wildman–Crippen LogP) is 7.99.